The van der Waals surface area contributed by atoms with Crippen LogP contribution in [0, 0.1) is 31.4 Å². The van der Waals surface area contributed by atoms with Crippen molar-refractivity contribution < 1.29 is 27.9 Å². The zero-order valence-electron chi connectivity index (χ0n) is 26.1. The van der Waals surface area contributed by atoms with E-state index in [1.54, 1.807) is 38.1 Å². The van der Waals surface area contributed by atoms with Crippen LogP contribution >= 0.6 is 0 Å². The number of rotatable bonds is 5. The summed E-state index contributed by atoms with van der Waals surface area (Å²) in [5, 5.41) is 14.3. The first-order chi connectivity index (χ1) is 21.2. The average molecular weight is 642 g/mol. The summed E-state index contributed by atoms with van der Waals surface area (Å²) in [6.07, 6.45) is 4.90. The molecule has 3 aliphatic heterocycles. The van der Waals surface area contributed by atoms with Gasteiger partial charge in [-0.25, -0.2) is 18.4 Å². The Morgan fingerprint density at radius 2 is 1.22 bits per heavy atom. The lowest BCUT2D eigenvalue weighted by Crippen LogP contribution is -2.49. The number of anilines is 2. The maximum absolute atomic E-state index is 13.5. The van der Waals surface area contributed by atoms with Gasteiger partial charge in [0.15, 0.2) is 0 Å². The number of halogens is 2. The molecular weight excluding hydrogens is 593 g/mol. The Morgan fingerprint density at radius 1 is 0.761 bits per heavy atom. The molecule has 0 spiro atoms. The van der Waals surface area contributed by atoms with Gasteiger partial charge >= 0.3 is 12.1 Å². The summed E-state index contributed by atoms with van der Waals surface area (Å²) in [6, 6.07) is 8.88. The molecule has 46 heavy (non-hydrogen) atoms. The van der Waals surface area contributed by atoms with Crippen molar-refractivity contribution in [1.29, 1.82) is 0 Å². The molecule has 10 nitrogen and oxygen atoms in total. The molecule has 2 aromatic carbocycles. The van der Waals surface area contributed by atoms with E-state index in [0.29, 0.717) is 48.8 Å². The maximum Gasteiger partial charge on any atom is 0.319 e. The van der Waals surface area contributed by atoms with Crippen molar-refractivity contribution in [3.05, 3.63) is 59.2 Å². The Hall–Kier alpha value is -3.71. The number of benzene rings is 2. The lowest BCUT2D eigenvalue weighted by molar-refractivity contribution is -0.139. The Kier molecular flexibility index (Phi) is 16.0. The third-order valence-electron chi connectivity index (χ3n) is 8.25. The molecule has 0 bridgehead atoms. The van der Waals surface area contributed by atoms with Crippen LogP contribution in [0.15, 0.2) is 36.4 Å². The van der Waals surface area contributed by atoms with E-state index in [2.05, 4.69) is 26.6 Å². The van der Waals surface area contributed by atoms with Crippen molar-refractivity contribution in [2.24, 2.45) is 5.92 Å². The lowest BCUT2D eigenvalue weighted by atomic mass is 9.96. The van der Waals surface area contributed by atoms with E-state index in [0.717, 1.165) is 51.6 Å². The fourth-order valence-corrected chi connectivity index (χ4v) is 5.46. The first kappa shape index (κ1) is 38.5. The van der Waals surface area contributed by atoms with Gasteiger partial charge in [0, 0.05) is 64.1 Å². The van der Waals surface area contributed by atoms with Gasteiger partial charge in [0.2, 0.25) is 5.91 Å². The minimum atomic E-state index is -0.345. The standard InChI is InChI=1S/C19H26FN3O3.C13H18FN3O.CH4.B/c1-13-2-3-16(12-17(13)20)22-19(25)21-15-4-8-23(9-5-15)18(24)14-6-10-26-11-7-14;1-9-2-3-11(8-12(9)14)17-13(18)16-10-4-6-15-7-5-10;;/h2-3,12,14-15H,4-11H2,1H3,(H2,21,22,25);2-3,8,10,15H,4-7H2,1H3,(H2,16,17,18);1H4;. The molecule has 0 saturated carbocycles. The van der Waals surface area contributed by atoms with Crippen LogP contribution in [0.1, 0.15) is 57.1 Å². The lowest BCUT2D eigenvalue weighted by Gasteiger charge is -2.35. The molecule has 0 aromatic heterocycles. The van der Waals surface area contributed by atoms with Gasteiger partial charge in [-0.1, -0.05) is 19.6 Å². The largest absolute Gasteiger partial charge is 0.381 e. The average Bonchev–Trinajstić information content (AvgIpc) is 3.02. The monoisotopic (exact) mass is 641 g/mol. The summed E-state index contributed by atoms with van der Waals surface area (Å²) in [6.45, 7) is 7.83. The second-order valence-corrected chi connectivity index (χ2v) is 11.6. The molecule has 0 unspecified atom stereocenters. The van der Waals surface area contributed by atoms with Crippen molar-refractivity contribution >= 4 is 37.8 Å². The van der Waals surface area contributed by atoms with Gasteiger partial charge in [-0.15, -0.1) is 0 Å². The molecule has 3 saturated heterocycles. The van der Waals surface area contributed by atoms with Crippen LogP contribution in [-0.4, -0.2) is 82.8 Å². The van der Waals surface area contributed by atoms with E-state index in [-0.39, 0.29) is 63.4 Å². The highest BCUT2D eigenvalue weighted by Crippen LogP contribution is 2.21. The predicted octanol–water partition coefficient (Wildman–Crippen LogP) is 4.94. The summed E-state index contributed by atoms with van der Waals surface area (Å²) in [4.78, 5) is 38.2. The molecule has 5 N–H and O–H groups in total. The zero-order valence-corrected chi connectivity index (χ0v) is 26.1. The summed E-state index contributed by atoms with van der Waals surface area (Å²) < 4.78 is 32.2. The normalized spacial score (nSPS) is 17.3. The Labute approximate surface area is 273 Å². The van der Waals surface area contributed by atoms with Crippen LogP contribution in [0.3, 0.4) is 0 Å². The smallest absolute Gasteiger partial charge is 0.319 e. The quantitative estimate of drug-likeness (QED) is 0.296. The second-order valence-electron chi connectivity index (χ2n) is 11.6. The molecule has 0 aliphatic carbocycles. The highest BCUT2D eigenvalue weighted by atomic mass is 19.1. The number of likely N-dealkylation sites (tertiary alicyclic amines) is 1. The Bertz CT molecular complexity index is 1280. The van der Waals surface area contributed by atoms with E-state index < -0.39 is 0 Å². The van der Waals surface area contributed by atoms with Crippen molar-refractivity contribution in [2.75, 3.05) is 50.0 Å². The predicted molar refractivity (Wildman–Crippen MR) is 178 cm³/mol. The van der Waals surface area contributed by atoms with Crippen LogP contribution in [0.4, 0.5) is 29.7 Å². The van der Waals surface area contributed by atoms with Crippen LogP contribution < -0.4 is 26.6 Å². The number of hydrogen-bond acceptors (Lipinski definition) is 5. The number of urea groups is 2. The van der Waals surface area contributed by atoms with Crippen molar-refractivity contribution in [2.45, 2.75) is 71.9 Å². The number of hydrogen-bond donors (Lipinski definition) is 5. The molecule has 3 radical (unpaired) electrons. The Morgan fingerprint density at radius 3 is 1.67 bits per heavy atom. The molecule has 3 aliphatic rings. The molecule has 5 rings (SSSR count). The van der Waals surface area contributed by atoms with E-state index in [9.17, 15) is 23.2 Å². The van der Waals surface area contributed by atoms with Crippen LogP contribution in [-0.2, 0) is 9.53 Å². The number of carbonyl (C=O) groups excluding carboxylic acids is 3. The molecular formula is C33H48BF2N6O4. The minimum Gasteiger partial charge on any atom is -0.381 e. The molecule has 13 heteroatoms. The SMILES string of the molecule is C.Cc1ccc(NC(=O)NC2CCN(C(=O)C3CCOCC3)CC2)cc1F.Cc1ccc(NC(=O)NC2CCNCC2)cc1F.[B]. The van der Waals surface area contributed by atoms with Crippen LogP contribution in [0.5, 0.6) is 0 Å². The summed E-state index contributed by atoms with van der Waals surface area (Å²) in [5.74, 6) is -0.364. The van der Waals surface area contributed by atoms with Crippen molar-refractivity contribution in [1.82, 2.24) is 20.9 Å². The minimum absolute atomic E-state index is 0. The highest BCUT2D eigenvalue weighted by molar-refractivity contribution is 5.90. The second kappa shape index (κ2) is 19.1. The first-order valence-corrected chi connectivity index (χ1v) is 15.4. The maximum atomic E-state index is 13.5. The van der Waals surface area contributed by atoms with Gasteiger partial charge in [0.1, 0.15) is 11.6 Å². The fraction of sp³-hybridized carbons (Fsp3) is 0.545. The molecule has 5 amide bonds. The van der Waals surface area contributed by atoms with E-state index in [1.165, 1.54) is 12.1 Å². The van der Waals surface area contributed by atoms with Gasteiger partial charge < -0.3 is 36.2 Å². The zero-order chi connectivity index (χ0) is 31.5. The summed E-state index contributed by atoms with van der Waals surface area (Å²) in [5.41, 5.74) is 2.01. The van der Waals surface area contributed by atoms with E-state index >= 15 is 0 Å². The van der Waals surface area contributed by atoms with Gasteiger partial charge in [-0.2, -0.15) is 0 Å². The number of piperidine rings is 2. The van der Waals surface area contributed by atoms with Gasteiger partial charge in [-0.05, 0) is 101 Å². The summed E-state index contributed by atoms with van der Waals surface area (Å²) in [7, 11) is 0. The van der Waals surface area contributed by atoms with Crippen molar-refractivity contribution in [3.8, 4) is 0 Å². The van der Waals surface area contributed by atoms with E-state index in [4.69, 9.17) is 4.74 Å². The summed E-state index contributed by atoms with van der Waals surface area (Å²) >= 11 is 0. The molecule has 2 aromatic rings. The number of amides is 5. The third kappa shape index (κ3) is 11.9. The van der Waals surface area contributed by atoms with Crippen molar-refractivity contribution in [3.63, 3.8) is 0 Å². The number of ether oxygens (including phenoxy) is 1. The third-order valence-corrected chi connectivity index (χ3v) is 8.25. The molecule has 0 atom stereocenters. The van der Waals surface area contributed by atoms with Gasteiger partial charge in [-0.3, -0.25) is 4.79 Å². The topological polar surface area (TPSA) is 124 Å². The molecule has 3 fully saturated rings. The van der Waals surface area contributed by atoms with Crippen LogP contribution in [0.2, 0.25) is 0 Å². The Balaban J connectivity index is 0.000000326. The van der Waals surface area contributed by atoms with E-state index in [1.807, 2.05) is 4.90 Å². The number of nitrogens with one attached hydrogen (secondary N) is 5. The highest BCUT2D eigenvalue weighted by Gasteiger charge is 2.30. The fourth-order valence-electron chi connectivity index (χ4n) is 5.46. The first-order valence-electron chi connectivity index (χ1n) is 15.4. The van der Waals surface area contributed by atoms with Gasteiger partial charge in [0.25, 0.3) is 0 Å². The molecule has 251 valence electrons. The number of nitrogens with zero attached hydrogens (tertiary/aromatic N) is 1. The number of carbonyl (C=O) groups is 3. The van der Waals surface area contributed by atoms with Crippen LogP contribution in [0.25, 0.3) is 0 Å². The number of aryl methyl sites for hydroxylation is 2. The van der Waals surface area contributed by atoms with Gasteiger partial charge in [0.05, 0.1) is 0 Å². The molecule has 3 heterocycles.